The first kappa shape index (κ1) is 24.5. The number of aliphatic imine (C=N–C) groups is 1. The molecule has 6 nitrogen and oxygen atoms in total. The molecule has 0 aliphatic carbocycles. The summed E-state index contributed by atoms with van der Waals surface area (Å²) in [7, 11) is 1.73. The lowest BCUT2D eigenvalue weighted by atomic mass is 10.1. The summed E-state index contributed by atoms with van der Waals surface area (Å²) in [6.45, 7) is 15.8. The van der Waals surface area contributed by atoms with Crippen LogP contribution in [0.2, 0.25) is 0 Å². The Morgan fingerprint density at radius 2 is 1.70 bits per heavy atom. The van der Waals surface area contributed by atoms with Gasteiger partial charge in [-0.1, -0.05) is 6.92 Å². The van der Waals surface area contributed by atoms with Crippen LogP contribution in [0.3, 0.4) is 0 Å². The van der Waals surface area contributed by atoms with E-state index < -0.39 is 5.60 Å². The number of hydrogen-bond donors (Lipinski definition) is 2. The van der Waals surface area contributed by atoms with Crippen molar-refractivity contribution in [1.82, 2.24) is 15.5 Å². The average molecular weight is 442 g/mol. The Hall–Kier alpha value is -0.730. The number of rotatable bonds is 5. The smallest absolute Gasteiger partial charge is 0.410 e. The second-order valence-corrected chi connectivity index (χ2v) is 7.34. The van der Waals surface area contributed by atoms with Crippen LogP contribution in [0.1, 0.15) is 54.9 Å². The van der Waals surface area contributed by atoms with Crippen molar-refractivity contribution in [2.75, 3.05) is 26.7 Å². The molecule has 1 amide bonds. The average Bonchev–Trinajstić information content (AvgIpc) is 2.32. The lowest BCUT2D eigenvalue weighted by molar-refractivity contribution is 0.0253. The van der Waals surface area contributed by atoms with E-state index in [1.807, 2.05) is 27.7 Å². The fourth-order valence-electron chi connectivity index (χ4n) is 1.73. The zero-order valence-corrected chi connectivity index (χ0v) is 18.3. The zero-order valence-electron chi connectivity index (χ0n) is 15.9. The number of carbonyl (C=O) groups excluding carboxylic acids is 1. The van der Waals surface area contributed by atoms with Gasteiger partial charge in [-0.05, 0) is 48.0 Å². The highest BCUT2D eigenvalue weighted by Crippen LogP contribution is 2.10. The highest BCUT2D eigenvalue weighted by atomic mass is 127. The lowest BCUT2D eigenvalue weighted by Crippen LogP contribution is -2.49. The van der Waals surface area contributed by atoms with E-state index >= 15 is 0 Å². The number of carbonyl (C=O) groups is 1. The predicted molar refractivity (Wildman–Crippen MR) is 108 cm³/mol. The summed E-state index contributed by atoms with van der Waals surface area (Å²) in [5.41, 5.74) is -0.531. The summed E-state index contributed by atoms with van der Waals surface area (Å²) in [5.74, 6) is 0.730. The molecule has 0 aromatic carbocycles. The maximum Gasteiger partial charge on any atom is 0.410 e. The SMILES string of the molecule is CCCN(CCNC(=NC)NC(C)(C)C)C(=O)OC(C)(C)C.I. The van der Waals surface area contributed by atoms with Gasteiger partial charge in [0, 0.05) is 32.2 Å². The zero-order chi connectivity index (χ0) is 17.4. The summed E-state index contributed by atoms with van der Waals surface area (Å²) in [6, 6.07) is 0. The van der Waals surface area contributed by atoms with Crippen LogP contribution < -0.4 is 10.6 Å². The van der Waals surface area contributed by atoms with Gasteiger partial charge in [-0.25, -0.2) is 4.79 Å². The van der Waals surface area contributed by atoms with Gasteiger partial charge in [0.2, 0.25) is 0 Å². The van der Waals surface area contributed by atoms with Crippen LogP contribution in [-0.4, -0.2) is 54.8 Å². The molecule has 0 bridgehead atoms. The predicted octanol–water partition coefficient (Wildman–Crippen LogP) is 3.22. The Kier molecular flexibility index (Phi) is 11.7. The summed E-state index contributed by atoms with van der Waals surface area (Å²) >= 11 is 0. The molecule has 0 unspecified atom stereocenters. The quantitative estimate of drug-likeness (QED) is 0.390. The van der Waals surface area contributed by atoms with Gasteiger partial charge in [0.05, 0.1) is 0 Å². The molecule has 2 N–H and O–H groups in total. The molecular weight excluding hydrogens is 407 g/mol. The van der Waals surface area contributed by atoms with Gasteiger partial charge < -0.3 is 20.3 Å². The Balaban J connectivity index is 0. The molecule has 0 radical (unpaired) electrons. The molecule has 0 heterocycles. The van der Waals surface area contributed by atoms with Crippen LogP contribution in [0.5, 0.6) is 0 Å². The van der Waals surface area contributed by atoms with E-state index in [2.05, 4.69) is 36.4 Å². The van der Waals surface area contributed by atoms with Crippen molar-refractivity contribution in [3.05, 3.63) is 0 Å². The van der Waals surface area contributed by atoms with Crippen molar-refractivity contribution in [2.24, 2.45) is 4.99 Å². The molecule has 23 heavy (non-hydrogen) atoms. The highest BCUT2D eigenvalue weighted by molar-refractivity contribution is 14.0. The Morgan fingerprint density at radius 3 is 2.09 bits per heavy atom. The van der Waals surface area contributed by atoms with Gasteiger partial charge in [0.1, 0.15) is 5.60 Å². The molecule has 0 saturated carbocycles. The molecule has 0 atom stereocenters. The van der Waals surface area contributed by atoms with Crippen LogP contribution in [0, 0.1) is 0 Å². The van der Waals surface area contributed by atoms with E-state index in [-0.39, 0.29) is 35.6 Å². The summed E-state index contributed by atoms with van der Waals surface area (Å²) in [6.07, 6.45) is 0.628. The Labute approximate surface area is 158 Å². The monoisotopic (exact) mass is 442 g/mol. The fourth-order valence-corrected chi connectivity index (χ4v) is 1.73. The van der Waals surface area contributed by atoms with Crippen molar-refractivity contribution >= 4 is 36.0 Å². The molecular formula is C16H35IN4O2. The number of ether oxygens (including phenoxy) is 1. The standard InChI is InChI=1S/C16H34N4O2.HI/c1-9-11-20(14(21)22-16(5,6)7)12-10-18-13(17-8)19-15(2,3)4;/h9-12H2,1-8H3,(H2,17,18,19);1H. The van der Waals surface area contributed by atoms with E-state index in [9.17, 15) is 4.79 Å². The van der Waals surface area contributed by atoms with E-state index in [1.54, 1.807) is 11.9 Å². The van der Waals surface area contributed by atoms with Crippen molar-refractivity contribution in [1.29, 1.82) is 0 Å². The van der Waals surface area contributed by atoms with Gasteiger partial charge in [-0.15, -0.1) is 24.0 Å². The summed E-state index contributed by atoms with van der Waals surface area (Å²) < 4.78 is 5.43. The van der Waals surface area contributed by atoms with Crippen molar-refractivity contribution in [3.63, 3.8) is 0 Å². The largest absolute Gasteiger partial charge is 0.444 e. The van der Waals surface area contributed by atoms with Gasteiger partial charge in [0.25, 0.3) is 0 Å². The second kappa shape index (κ2) is 10.9. The number of amides is 1. The van der Waals surface area contributed by atoms with Crippen LogP contribution in [-0.2, 0) is 4.74 Å². The number of halogens is 1. The molecule has 0 aliphatic heterocycles. The van der Waals surface area contributed by atoms with Gasteiger partial charge in [-0.2, -0.15) is 0 Å². The van der Waals surface area contributed by atoms with E-state index in [0.29, 0.717) is 19.6 Å². The number of guanidine groups is 1. The minimum Gasteiger partial charge on any atom is -0.444 e. The van der Waals surface area contributed by atoms with Crippen molar-refractivity contribution in [3.8, 4) is 0 Å². The molecule has 0 fully saturated rings. The first-order chi connectivity index (χ1) is 9.98. The lowest BCUT2D eigenvalue weighted by Gasteiger charge is -2.28. The topological polar surface area (TPSA) is 66.0 Å². The van der Waals surface area contributed by atoms with Gasteiger partial charge in [0.15, 0.2) is 5.96 Å². The molecule has 138 valence electrons. The third kappa shape index (κ3) is 13.4. The molecule has 0 saturated heterocycles. The van der Waals surface area contributed by atoms with Gasteiger partial charge >= 0.3 is 6.09 Å². The van der Waals surface area contributed by atoms with Gasteiger partial charge in [-0.3, -0.25) is 4.99 Å². The van der Waals surface area contributed by atoms with Crippen LogP contribution in [0.4, 0.5) is 4.79 Å². The maximum atomic E-state index is 12.2. The van der Waals surface area contributed by atoms with E-state index in [4.69, 9.17) is 4.74 Å². The minimum absolute atomic E-state index is 0. The maximum absolute atomic E-state index is 12.2. The molecule has 7 heteroatoms. The summed E-state index contributed by atoms with van der Waals surface area (Å²) in [4.78, 5) is 18.1. The second-order valence-electron chi connectivity index (χ2n) is 7.34. The third-order valence-corrected chi connectivity index (χ3v) is 2.54. The fraction of sp³-hybridized carbons (Fsp3) is 0.875. The van der Waals surface area contributed by atoms with E-state index in [1.165, 1.54) is 0 Å². The highest BCUT2D eigenvalue weighted by Gasteiger charge is 2.21. The van der Waals surface area contributed by atoms with Crippen molar-refractivity contribution in [2.45, 2.75) is 66.0 Å². The molecule has 0 rings (SSSR count). The number of nitrogens with zero attached hydrogens (tertiary/aromatic N) is 2. The third-order valence-electron chi connectivity index (χ3n) is 2.54. The first-order valence-corrected chi connectivity index (χ1v) is 7.95. The van der Waals surface area contributed by atoms with Crippen LogP contribution >= 0.6 is 24.0 Å². The number of hydrogen-bond acceptors (Lipinski definition) is 3. The molecule has 0 spiro atoms. The first-order valence-electron chi connectivity index (χ1n) is 7.95. The van der Waals surface area contributed by atoms with E-state index in [0.717, 1.165) is 12.4 Å². The van der Waals surface area contributed by atoms with Crippen molar-refractivity contribution < 1.29 is 9.53 Å². The normalized spacial score (nSPS) is 12.3. The van der Waals surface area contributed by atoms with Crippen LogP contribution in [0.25, 0.3) is 0 Å². The molecule has 0 aromatic rings. The molecule has 0 aliphatic rings. The molecule has 0 aromatic heterocycles. The Bertz CT molecular complexity index is 373. The Morgan fingerprint density at radius 1 is 1.13 bits per heavy atom. The minimum atomic E-state index is -0.472. The van der Waals surface area contributed by atoms with Crippen LogP contribution in [0.15, 0.2) is 4.99 Å². The number of nitrogens with one attached hydrogen (secondary N) is 2. The summed E-state index contributed by atoms with van der Waals surface area (Å²) in [5, 5.41) is 6.51.